The Balaban J connectivity index is 1.94. The maximum atomic E-state index is 6.05. The van der Waals surface area contributed by atoms with Crippen molar-refractivity contribution in [3.63, 3.8) is 0 Å². The minimum atomic E-state index is 0.689. The molecule has 0 saturated carbocycles. The zero-order valence-corrected chi connectivity index (χ0v) is 13.5. The first-order valence-corrected chi connectivity index (χ1v) is 7.42. The van der Waals surface area contributed by atoms with E-state index in [-0.39, 0.29) is 0 Å². The average Bonchev–Trinajstić information content (AvgIpc) is 2.56. The second kappa shape index (κ2) is 6.04. The highest BCUT2D eigenvalue weighted by molar-refractivity contribution is 6.03. The molecule has 5 heteroatoms. The summed E-state index contributed by atoms with van der Waals surface area (Å²) in [5.74, 6) is 0.689. The van der Waals surface area contributed by atoms with Crippen LogP contribution in [-0.2, 0) is 0 Å². The summed E-state index contributed by atoms with van der Waals surface area (Å²) >= 11 is 0. The van der Waals surface area contributed by atoms with Gasteiger partial charge in [0.25, 0.3) is 0 Å². The van der Waals surface area contributed by atoms with E-state index >= 15 is 0 Å². The van der Waals surface area contributed by atoms with Crippen LogP contribution in [0.3, 0.4) is 0 Å². The maximum absolute atomic E-state index is 6.05. The van der Waals surface area contributed by atoms with Crippen molar-refractivity contribution in [1.82, 2.24) is 9.97 Å². The maximum Gasteiger partial charge on any atom is 0.167 e. The van der Waals surface area contributed by atoms with Crippen LogP contribution in [0.15, 0.2) is 53.8 Å². The molecule has 3 aromatic rings. The van der Waals surface area contributed by atoms with E-state index in [0.29, 0.717) is 5.82 Å². The van der Waals surface area contributed by atoms with Gasteiger partial charge in [-0.25, -0.2) is 9.99 Å². The summed E-state index contributed by atoms with van der Waals surface area (Å²) in [6, 6.07) is 13.7. The van der Waals surface area contributed by atoms with E-state index in [2.05, 4.69) is 15.1 Å². The smallest absolute Gasteiger partial charge is 0.167 e. The second-order valence-corrected chi connectivity index (χ2v) is 5.52. The number of nitrogens with two attached hydrogens (primary N) is 1. The highest BCUT2D eigenvalue weighted by atomic mass is 15.5. The third-order valence-electron chi connectivity index (χ3n) is 3.67. The molecule has 2 N–H and O–H groups in total. The molecule has 0 amide bonds. The Bertz CT molecular complexity index is 885. The van der Waals surface area contributed by atoms with Crippen LogP contribution in [0.2, 0.25) is 0 Å². The predicted molar refractivity (Wildman–Crippen MR) is 95.7 cm³/mol. The molecule has 0 aliphatic carbocycles. The van der Waals surface area contributed by atoms with Gasteiger partial charge in [-0.05, 0) is 38.1 Å². The standard InChI is InChI=1S/C18H19N5/c1-12-8-9-15(19)14(10-12)13(2)22-23(3)18-11-20-16-6-4-5-7-17(16)21-18/h4-11H,19H2,1-3H3/b22-13+. The minimum Gasteiger partial charge on any atom is -0.398 e. The number of anilines is 2. The summed E-state index contributed by atoms with van der Waals surface area (Å²) in [4.78, 5) is 9.00. The molecule has 5 nitrogen and oxygen atoms in total. The van der Waals surface area contributed by atoms with E-state index in [1.54, 1.807) is 11.2 Å². The van der Waals surface area contributed by atoms with E-state index in [1.165, 1.54) is 0 Å². The van der Waals surface area contributed by atoms with Gasteiger partial charge in [-0.15, -0.1) is 0 Å². The number of nitrogens with zero attached hydrogens (tertiary/aromatic N) is 4. The SMILES string of the molecule is C/C(=N\N(C)c1cnc2ccccc2n1)c1cc(C)ccc1N. The van der Waals surface area contributed by atoms with Gasteiger partial charge in [-0.2, -0.15) is 5.10 Å². The monoisotopic (exact) mass is 305 g/mol. The summed E-state index contributed by atoms with van der Waals surface area (Å²) in [5.41, 5.74) is 11.4. The lowest BCUT2D eigenvalue weighted by Crippen LogP contribution is -2.15. The van der Waals surface area contributed by atoms with Crippen LogP contribution in [-0.4, -0.2) is 22.7 Å². The van der Waals surface area contributed by atoms with Gasteiger partial charge in [-0.1, -0.05) is 23.8 Å². The molecule has 0 bridgehead atoms. The zero-order chi connectivity index (χ0) is 16.4. The highest BCUT2D eigenvalue weighted by Gasteiger charge is 2.07. The number of rotatable bonds is 3. The molecule has 0 atom stereocenters. The van der Waals surface area contributed by atoms with E-state index in [0.717, 1.165) is 33.6 Å². The number of nitrogen functional groups attached to an aromatic ring is 1. The number of aromatic nitrogens is 2. The normalized spacial score (nSPS) is 11.7. The molecule has 0 radical (unpaired) electrons. The predicted octanol–water partition coefficient (Wildman–Crippen LogP) is 3.38. The fourth-order valence-electron chi connectivity index (χ4n) is 2.42. The molecule has 0 unspecified atom stereocenters. The number of hydrogen-bond acceptors (Lipinski definition) is 5. The Kier molecular flexibility index (Phi) is 3.93. The lowest BCUT2D eigenvalue weighted by Gasteiger charge is -2.14. The minimum absolute atomic E-state index is 0.689. The number of para-hydroxylation sites is 2. The van der Waals surface area contributed by atoms with E-state index in [1.807, 2.05) is 63.4 Å². The number of hydrogen-bond donors (Lipinski definition) is 1. The van der Waals surface area contributed by atoms with Gasteiger partial charge >= 0.3 is 0 Å². The van der Waals surface area contributed by atoms with Crippen molar-refractivity contribution in [2.45, 2.75) is 13.8 Å². The third-order valence-corrected chi connectivity index (χ3v) is 3.67. The lowest BCUT2D eigenvalue weighted by atomic mass is 10.1. The van der Waals surface area contributed by atoms with Crippen LogP contribution < -0.4 is 10.7 Å². The largest absolute Gasteiger partial charge is 0.398 e. The lowest BCUT2D eigenvalue weighted by molar-refractivity contribution is 0.974. The Morgan fingerprint density at radius 2 is 1.87 bits per heavy atom. The summed E-state index contributed by atoms with van der Waals surface area (Å²) in [5, 5.41) is 6.31. The van der Waals surface area contributed by atoms with E-state index in [4.69, 9.17) is 5.73 Å². The number of hydrazone groups is 1. The molecule has 23 heavy (non-hydrogen) atoms. The molecule has 0 fully saturated rings. The Morgan fingerprint density at radius 3 is 2.65 bits per heavy atom. The molecule has 116 valence electrons. The van der Waals surface area contributed by atoms with Crippen molar-refractivity contribution >= 4 is 28.3 Å². The van der Waals surface area contributed by atoms with E-state index in [9.17, 15) is 0 Å². The molecular weight excluding hydrogens is 286 g/mol. The second-order valence-electron chi connectivity index (χ2n) is 5.52. The molecular formula is C18H19N5. The number of benzene rings is 2. The van der Waals surface area contributed by atoms with Crippen LogP contribution in [0.4, 0.5) is 11.5 Å². The fraction of sp³-hybridized carbons (Fsp3) is 0.167. The van der Waals surface area contributed by atoms with Crippen molar-refractivity contribution in [2.75, 3.05) is 17.8 Å². The first-order valence-electron chi connectivity index (χ1n) is 7.42. The molecule has 1 aromatic heterocycles. The molecule has 3 rings (SSSR count). The molecule has 0 aliphatic rings. The van der Waals surface area contributed by atoms with Crippen LogP contribution >= 0.6 is 0 Å². The first-order chi connectivity index (χ1) is 11.0. The summed E-state index contributed by atoms with van der Waals surface area (Å²) < 4.78 is 0. The molecule has 0 spiro atoms. The number of aryl methyl sites for hydroxylation is 1. The van der Waals surface area contributed by atoms with Gasteiger partial charge in [0.2, 0.25) is 0 Å². The van der Waals surface area contributed by atoms with Gasteiger partial charge in [0.1, 0.15) is 0 Å². The van der Waals surface area contributed by atoms with Gasteiger partial charge in [0, 0.05) is 18.3 Å². The number of fused-ring (bicyclic) bond motifs is 1. The van der Waals surface area contributed by atoms with Crippen molar-refractivity contribution in [1.29, 1.82) is 0 Å². The van der Waals surface area contributed by atoms with Crippen molar-refractivity contribution in [3.8, 4) is 0 Å². The van der Waals surface area contributed by atoms with Crippen LogP contribution in [0.5, 0.6) is 0 Å². The fourth-order valence-corrected chi connectivity index (χ4v) is 2.42. The van der Waals surface area contributed by atoms with Gasteiger partial charge in [-0.3, -0.25) is 4.98 Å². The molecule has 0 saturated heterocycles. The van der Waals surface area contributed by atoms with Gasteiger partial charge < -0.3 is 5.73 Å². The van der Waals surface area contributed by atoms with E-state index < -0.39 is 0 Å². The van der Waals surface area contributed by atoms with Gasteiger partial charge in [0.15, 0.2) is 5.82 Å². The zero-order valence-electron chi connectivity index (χ0n) is 13.5. The van der Waals surface area contributed by atoms with Crippen LogP contribution in [0.1, 0.15) is 18.1 Å². The van der Waals surface area contributed by atoms with Crippen LogP contribution in [0, 0.1) is 6.92 Å². The third kappa shape index (κ3) is 3.13. The average molecular weight is 305 g/mol. The Hall–Kier alpha value is -2.95. The summed E-state index contributed by atoms with van der Waals surface area (Å²) in [7, 11) is 1.86. The van der Waals surface area contributed by atoms with Gasteiger partial charge in [0.05, 0.1) is 22.9 Å². The van der Waals surface area contributed by atoms with Crippen molar-refractivity contribution < 1.29 is 0 Å². The highest BCUT2D eigenvalue weighted by Crippen LogP contribution is 2.18. The first kappa shape index (κ1) is 15.0. The molecule has 1 heterocycles. The quantitative estimate of drug-likeness (QED) is 0.457. The molecule has 0 aliphatic heterocycles. The summed E-state index contributed by atoms with van der Waals surface area (Å²) in [6.07, 6.45) is 1.72. The molecule has 2 aromatic carbocycles. The van der Waals surface area contributed by atoms with Crippen molar-refractivity contribution in [2.24, 2.45) is 5.10 Å². The Morgan fingerprint density at radius 1 is 1.13 bits per heavy atom. The topological polar surface area (TPSA) is 67.4 Å². The van der Waals surface area contributed by atoms with Crippen molar-refractivity contribution in [3.05, 3.63) is 59.8 Å². The van der Waals surface area contributed by atoms with Crippen LogP contribution in [0.25, 0.3) is 11.0 Å². The Labute approximate surface area is 135 Å². The summed E-state index contributed by atoms with van der Waals surface area (Å²) in [6.45, 7) is 3.98.